The van der Waals surface area contributed by atoms with Crippen LogP contribution in [0.4, 0.5) is 0 Å². The topological polar surface area (TPSA) is 92.7 Å². The molecule has 8 heteroatoms. The molecule has 0 fully saturated rings. The average molecular weight is 473 g/mol. The third kappa shape index (κ3) is 6.23. The Kier molecular flexibility index (Phi) is 9.82. The SMILES string of the molecule is COCOc1c(OC)cc(/C=C/C(=O)c2c(OC)cc(OC)c(CC=C(C)C)c2O)cc1OC. The standard InChI is InChI=1S/C26H32O8/c1-16(2)8-10-18-20(30-4)14-21(31-5)24(25(18)28)19(27)11-9-17-12-22(32-6)26(34-15-29-3)23(13-17)33-7/h8-9,11-14,28H,10,15H2,1-7H3/b11-9+. The largest absolute Gasteiger partial charge is 0.507 e. The van der Waals surface area contributed by atoms with Crippen molar-refractivity contribution in [1.29, 1.82) is 0 Å². The van der Waals surface area contributed by atoms with Gasteiger partial charge in [-0.05, 0) is 44.0 Å². The predicted molar refractivity (Wildman–Crippen MR) is 130 cm³/mol. The summed E-state index contributed by atoms with van der Waals surface area (Å²) in [6, 6.07) is 4.99. The minimum atomic E-state index is -0.437. The molecule has 2 aromatic carbocycles. The van der Waals surface area contributed by atoms with Crippen LogP contribution in [0.3, 0.4) is 0 Å². The fraction of sp³-hybridized carbons (Fsp3) is 0.346. The lowest BCUT2D eigenvalue weighted by Crippen LogP contribution is -2.04. The Morgan fingerprint density at radius 2 is 1.47 bits per heavy atom. The van der Waals surface area contributed by atoms with Crippen molar-refractivity contribution in [3.8, 4) is 34.5 Å². The molecule has 0 aliphatic carbocycles. The second-order valence-electron chi connectivity index (χ2n) is 7.47. The normalized spacial score (nSPS) is 10.7. The van der Waals surface area contributed by atoms with Gasteiger partial charge in [0.15, 0.2) is 24.1 Å². The molecule has 0 saturated carbocycles. The van der Waals surface area contributed by atoms with Gasteiger partial charge in [0.1, 0.15) is 22.8 Å². The smallest absolute Gasteiger partial charge is 0.206 e. The summed E-state index contributed by atoms with van der Waals surface area (Å²) in [7, 11) is 7.44. The first-order valence-corrected chi connectivity index (χ1v) is 10.5. The van der Waals surface area contributed by atoms with E-state index in [1.165, 1.54) is 41.6 Å². The summed E-state index contributed by atoms with van der Waals surface area (Å²) in [6.07, 6.45) is 5.29. The van der Waals surface area contributed by atoms with Crippen LogP contribution >= 0.6 is 0 Å². The molecule has 0 saturated heterocycles. The highest BCUT2D eigenvalue weighted by atomic mass is 16.7. The summed E-state index contributed by atoms with van der Waals surface area (Å²) in [5.41, 5.74) is 2.26. The molecule has 0 radical (unpaired) electrons. The maximum Gasteiger partial charge on any atom is 0.206 e. The van der Waals surface area contributed by atoms with E-state index in [0.717, 1.165) is 5.57 Å². The zero-order valence-electron chi connectivity index (χ0n) is 20.7. The van der Waals surface area contributed by atoms with E-state index in [-0.39, 0.29) is 23.9 Å². The minimum absolute atomic E-state index is 0.0199. The zero-order valence-corrected chi connectivity index (χ0v) is 20.7. The molecule has 2 rings (SSSR count). The number of aromatic hydroxyl groups is 1. The van der Waals surface area contributed by atoms with Crippen molar-refractivity contribution in [3.05, 3.63) is 52.6 Å². The van der Waals surface area contributed by atoms with E-state index in [1.807, 2.05) is 19.9 Å². The van der Waals surface area contributed by atoms with Gasteiger partial charge in [-0.15, -0.1) is 0 Å². The number of benzene rings is 2. The van der Waals surface area contributed by atoms with Crippen molar-refractivity contribution in [1.82, 2.24) is 0 Å². The Morgan fingerprint density at radius 3 is 1.97 bits per heavy atom. The van der Waals surface area contributed by atoms with Crippen LogP contribution in [0.1, 0.15) is 35.3 Å². The number of rotatable bonds is 12. The van der Waals surface area contributed by atoms with Crippen molar-refractivity contribution in [2.24, 2.45) is 0 Å². The van der Waals surface area contributed by atoms with Gasteiger partial charge in [-0.1, -0.05) is 17.7 Å². The molecule has 2 aromatic rings. The Balaban J connectivity index is 2.49. The number of hydrogen-bond donors (Lipinski definition) is 1. The number of ether oxygens (including phenoxy) is 6. The van der Waals surface area contributed by atoms with Crippen molar-refractivity contribution < 1.29 is 38.3 Å². The quantitative estimate of drug-likeness (QED) is 0.204. The number of allylic oxidation sites excluding steroid dienone is 3. The molecule has 0 unspecified atom stereocenters. The fourth-order valence-electron chi connectivity index (χ4n) is 3.26. The van der Waals surface area contributed by atoms with E-state index < -0.39 is 5.78 Å². The van der Waals surface area contributed by atoms with Crippen LogP contribution in [0.25, 0.3) is 6.08 Å². The Morgan fingerprint density at radius 1 is 0.882 bits per heavy atom. The van der Waals surface area contributed by atoms with Crippen molar-refractivity contribution >= 4 is 11.9 Å². The van der Waals surface area contributed by atoms with E-state index in [9.17, 15) is 9.90 Å². The van der Waals surface area contributed by atoms with Crippen LogP contribution in [0.15, 0.2) is 35.9 Å². The van der Waals surface area contributed by atoms with E-state index >= 15 is 0 Å². The van der Waals surface area contributed by atoms with Crippen LogP contribution in [0, 0.1) is 0 Å². The number of phenolic OH excluding ortho intramolecular Hbond substituents is 1. The first-order valence-electron chi connectivity index (χ1n) is 10.5. The molecule has 0 spiro atoms. The minimum Gasteiger partial charge on any atom is -0.507 e. The van der Waals surface area contributed by atoms with E-state index in [0.29, 0.717) is 40.5 Å². The van der Waals surface area contributed by atoms with Gasteiger partial charge >= 0.3 is 0 Å². The second kappa shape index (κ2) is 12.6. The summed E-state index contributed by atoms with van der Waals surface area (Å²) in [5, 5.41) is 11.0. The summed E-state index contributed by atoms with van der Waals surface area (Å²) >= 11 is 0. The number of hydrogen-bond acceptors (Lipinski definition) is 8. The summed E-state index contributed by atoms with van der Waals surface area (Å²) < 4.78 is 32.1. The molecule has 8 nitrogen and oxygen atoms in total. The van der Waals surface area contributed by atoms with Crippen LogP contribution in [-0.4, -0.2) is 53.2 Å². The van der Waals surface area contributed by atoms with Crippen molar-refractivity contribution in [2.75, 3.05) is 42.3 Å². The lowest BCUT2D eigenvalue weighted by atomic mass is 9.99. The van der Waals surface area contributed by atoms with E-state index in [2.05, 4.69) is 0 Å². The monoisotopic (exact) mass is 472 g/mol. The maximum atomic E-state index is 13.1. The van der Waals surface area contributed by atoms with Gasteiger partial charge in [-0.25, -0.2) is 0 Å². The second-order valence-corrected chi connectivity index (χ2v) is 7.47. The van der Waals surface area contributed by atoms with Gasteiger partial charge in [0.05, 0.1) is 28.4 Å². The molecule has 1 N–H and O–H groups in total. The molecule has 184 valence electrons. The van der Waals surface area contributed by atoms with E-state index in [4.69, 9.17) is 28.4 Å². The first kappa shape index (κ1) is 26.6. The van der Waals surface area contributed by atoms with E-state index in [1.54, 1.807) is 24.3 Å². The van der Waals surface area contributed by atoms with Crippen LogP contribution < -0.4 is 23.7 Å². The molecule has 0 aliphatic heterocycles. The number of carbonyl (C=O) groups is 1. The summed E-state index contributed by atoms with van der Waals surface area (Å²) in [5.74, 6) is 1.25. The highest BCUT2D eigenvalue weighted by Crippen LogP contribution is 2.41. The van der Waals surface area contributed by atoms with Crippen molar-refractivity contribution in [3.63, 3.8) is 0 Å². The predicted octanol–water partition coefficient (Wildman–Crippen LogP) is 4.81. The Labute approximate surface area is 200 Å². The molecule has 0 amide bonds. The Hall–Kier alpha value is -3.65. The number of carbonyl (C=O) groups excluding carboxylic acids is 1. The number of phenols is 1. The average Bonchev–Trinajstić information content (AvgIpc) is 2.83. The molecular weight excluding hydrogens is 440 g/mol. The zero-order chi connectivity index (χ0) is 25.3. The molecule has 0 aromatic heterocycles. The third-order valence-corrected chi connectivity index (χ3v) is 4.96. The lowest BCUT2D eigenvalue weighted by Gasteiger charge is -2.16. The molecule has 0 bridgehead atoms. The first-order chi connectivity index (χ1) is 16.3. The Bertz CT molecular complexity index is 1040. The highest BCUT2D eigenvalue weighted by molar-refractivity contribution is 6.11. The molecule has 34 heavy (non-hydrogen) atoms. The fourth-order valence-corrected chi connectivity index (χ4v) is 3.26. The highest BCUT2D eigenvalue weighted by Gasteiger charge is 2.23. The number of methoxy groups -OCH3 is 5. The van der Waals surface area contributed by atoms with Crippen LogP contribution in [0.5, 0.6) is 34.5 Å². The van der Waals surface area contributed by atoms with Crippen LogP contribution in [0.2, 0.25) is 0 Å². The van der Waals surface area contributed by atoms with Gasteiger partial charge in [-0.2, -0.15) is 0 Å². The summed E-state index contributed by atoms with van der Waals surface area (Å²) in [6.45, 7) is 3.93. The molecule has 0 aliphatic rings. The lowest BCUT2D eigenvalue weighted by molar-refractivity contribution is 0.0471. The molecular formula is C26H32O8. The van der Waals surface area contributed by atoms with Gasteiger partial charge in [0.2, 0.25) is 5.75 Å². The third-order valence-electron chi connectivity index (χ3n) is 4.96. The van der Waals surface area contributed by atoms with Crippen molar-refractivity contribution in [2.45, 2.75) is 20.3 Å². The van der Waals surface area contributed by atoms with Gasteiger partial charge < -0.3 is 33.5 Å². The maximum absolute atomic E-state index is 13.1. The summed E-state index contributed by atoms with van der Waals surface area (Å²) in [4.78, 5) is 13.1. The van der Waals surface area contributed by atoms with Gasteiger partial charge in [0.25, 0.3) is 0 Å². The molecule has 0 atom stereocenters. The van der Waals surface area contributed by atoms with Crippen LogP contribution in [-0.2, 0) is 11.2 Å². The molecule has 0 heterocycles. The number of ketones is 1. The van der Waals surface area contributed by atoms with Gasteiger partial charge in [0, 0.05) is 18.7 Å². The van der Waals surface area contributed by atoms with Gasteiger partial charge in [-0.3, -0.25) is 4.79 Å².